The molecular formula is C12H24N2O2. The highest BCUT2D eigenvalue weighted by molar-refractivity contribution is 5.05. The molecule has 2 fully saturated rings. The van der Waals surface area contributed by atoms with Gasteiger partial charge in [-0.1, -0.05) is 6.92 Å². The van der Waals surface area contributed by atoms with Crippen LogP contribution in [0.2, 0.25) is 0 Å². The van der Waals surface area contributed by atoms with Crippen LogP contribution in [0.15, 0.2) is 0 Å². The molecule has 0 aliphatic carbocycles. The van der Waals surface area contributed by atoms with Crippen molar-refractivity contribution in [1.82, 2.24) is 5.32 Å². The monoisotopic (exact) mass is 228 g/mol. The Balaban J connectivity index is 2.23. The molecule has 3 unspecified atom stereocenters. The molecule has 0 saturated carbocycles. The molecule has 2 saturated heterocycles. The molecule has 2 rings (SSSR count). The van der Waals surface area contributed by atoms with E-state index in [1.807, 2.05) is 0 Å². The van der Waals surface area contributed by atoms with E-state index in [0.717, 1.165) is 39.0 Å². The molecule has 0 amide bonds. The zero-order chi connectivity index (χ0) is 11.6. The predicted octanol–water partition coefficient (Wildman–Crippen LogP) is 0.102. The lowest BCUT2D eigenvalue weighted by atomic mass is 9.61. The minimum atomic E-state index is -0.659. The number of hydrogen-bond acceptors (Lipinski definition) is 4. The Hall–Kier alpha value is -0.160. The van der Waals surface area contributed by atoms with Gasteiger partial charge in [0, 0.05) is 25.1 Å². The largest absolute Gasteiger partial charge is 0.389 e. The fraction of sp³-hybridized carbons (Fsp3) is 1.00. The number of ether oxygens (including phenoxy) is 1. The van der Waals surface area contributed by atoms with E-state index in [2.05, 4.69) is 12.2 Å². The van der Waals surface area contributed by atoms with Crippen molar-refractivity contribution in [3.8, 4) is 0 Å². The molecule has 4 heteroatoms. The third-order valence-corrected chi connectivity index (χ3v) is 4.58. The Morgan fingerprint density at radius 1 is 1.50 bits per heavy atom. The standard InChI is InChI=1S/C12H24N2O2/c1-10-7-14-5-4-12(10,15)11(8-13)3-2-6-16-9-11/h10,14-15H,2-9,13H2,1H3. The van der Waals surface area contributed by atoms with E-state index in [1.54, 1.807) is 0 Å². The van der Waals surface area contributed by atoms with Gasteiger partial charge in [0.15, 0.2) is 0 Å². The average molecular weight is 228 g/mol. The van der Waals surface area contributed by atoms with Gasteiger partial charge >= 0.3 is 0 Å². The highest BCUT2D eigenvalue weighted by Gasteiger charge is 2.53. The van der Waals surface area contributed by atoms with Crippen molar-refractivity contribution in [1.29, 1.82) is 0 Å². The van der Waals surface area contributed by atoms with Crippen LogP contribution in [0, 0.1) is 11.3 Å². The van der Waals surface area contributed by atoms with Gasteiger partial charge in [-0.3, -0.25) is 0 Å². The third-order valence-electron chi connectivity index (χ3n) is 4.58. The Morgan fingerprint density at radius 3 is 2.88 bits per heavy atom. The summed E-state index contributed by atoms with van der Waals surface area (Å²) >= 11 is 0. The van der Waals surface area contributed by atoms with E-state index in [0.29, 0.717) is 13.2 Å². The second kappa shape index (κ2) is 4.61. The van der Waals surface area contributed by atoms with Crippen LogP contribution in [-0.4, -0.2) is 43.6 Å². The molecule has 3 atom stereocenters. The van der Waals surface area contributed by atoms with E-state index in [1.165, 1.54) is 0 Å². The van der Waals surface area contributed by atoms with Crippen LogP contribution in [0.3, 0.4) is 0 Å². The van der Waals surface area contributed by atoms with Crippen LogP contribution in [0.5, 0.6) is 0 Å². The highest BCUT2D eigenvalue weighted by Crippen LogP contribution is 2.45. The smallest absolute Gasteiger partial charge is 0.0787 e. The van der Waals surface area contributed by atoms with Crippen LogP contribution >= 0.6 is 0 Å². The highest BCUT2D eigenvalue weighted by atomic mass is 16.5. The number of aliphatic hydroxyl groups is 1. The molecule has 0 spiro atoms. The summed E-state index contributed by atoms with van der Waals surface area (Å²) in [6.45, 7) is 5.81. The zero-order valence-electron chi connectivity index (χ0n) is 10.2. The second-order valence-electron chi connectivity index (χ2n) is 5.42. The molecule has 0 aromatic carbocycles. The Labute approximate surface area is 97.5 Å². The molecule has 0 aromatic heterocycles. The van der Waals surface area contributed by atoms with Crippen molar-refractivity contribution in [2.24, 2.45) is 17.1 Å². The summed E-state index contributed by atoms with van der Waals surface area (Å²) in [4.78, 5) is 0. The fourth-order valence-electron chi connectivity index (χ4n) is 3.33. The summed E-state index contributed by atoms with van der Waals surface area (Å²) in [6, 6.07) is 0. The van der Waals surface area contributed by atoms with Gasteiger partial charge in [-0.15, -0.1) is 0 Å². The molecule has 0 radical (unpaired) electrons. The Morgan fingerprint density at radius 2 is 2.31 bits per heavy atom. The van der Waals surface area contributed by atoms with Crippen molar-refractivity contribution in [3.63, 3.8) is 0 Å². The molecule has 0 aromatic rings. The van der Waals surface area contributed by atoms with Crippen LogP contribution in [-0.2, 0) is 4.74 Å². The number of rotatable bonds is 2. The molecule has 0 bridgehead atoms. The lowest BCUT2D eigenvalue weighted by Gasteiger charge is -2.53. The maximum atomic E-state index is 11.0. The number of piperidine rings is 1. The molecular weight excluding hydrogens is 204 g/mol. The molecule has 4 nitrogen and oxygen atoms in total. The van der Waals surface area contributed by atoms with Crippen LogP contribution in [0.4, 0.5) is 0 Å². The normalized spacial score (nSPS) is 45.6. The lowest BCUT2D eigenvalue weighted by Crippen LogP contribution is -2.64. The van der Waals surface area contributed by atoms with Gasteiger partial charge in [0.2, 0.25) is 0 Å². The number of nitrogens with two attached hydrogens (primary N) is 1. The van der Waals surface area contributed by atoms with Gasteiger partial charge in [0.25, 0.3) is 0 Å². The Bertz CT molecular complexity index is 236. The summed E-state index contributed by atoms with van der Waals surface area (Å²) in [5.41, 5.74) is 5.07. The first kappa shape index (κ1) is 12.3. The van der Waals surface area contributed by atoms with Crippen LogP contribution in [0.25, 0.3) is 0 Å². The van der Waals surface area contributed by atoms with E-state index in [4.69, 9.17) is 10.5 Å². The van der Waals surface area contributed by atoms with Gasteiger partial charge in [0.1, 0.15) is 0 Å². The van der Waals surface area contributed by atoms with Gasteiger partial charge in [-0.05, 0) is 31.7 Å². The first-order valence-corrected chi connectivity index (χ1v) is 6.35. The summed E-state index contributed by atoms with van der Waals surface area (Å²) in [6.07, 6.45) is 2.79. The maximum absolute atomic E-state index is 11.0. The van der Waals surface area contributed by atoms with Gasteiger partial charge in [-0.25, -0.2) is 0 Å². The maximum Gasteiger partial charge on any atom is 0.0787 e. The van der Waals surface area contributed by atoms with Crippen molar-refractivity contribution in [2.45, 2.75) is 31.8 Å². The average Bonchev–Trinajstić information content (AvgIpc) is 2.34. The number of nitrogens with one attached hydrogen (secondary N) is 1. The summed E-state index contributed by atoms with van der Waals surface area (Å²) in [5, 5.41) is 14.3. The van der Waals surface area contributed by atoms with Gasteiger partial charge in [-0.2, -0.15) is 0 Å². The van der Waals surface area contributed by atoms with Crippen LogP contribution in [0.1, 0.15) is 26.2 Å². The van der Waals surface area contributed by atoms with Crippen molar-refractivity contribution < 1.29 is 9.84 Å². The summed E-state index contributed by atoms with van der Waals surface area (Å²) in [5.74, 6) is 0.242. The molecule has 4 N–H and O–H groups in total. The molecule has 2 aliphatic rings. The molecule has 16 heavy (non-hydrogen) atoms. The summed E-state index contributed by atoms with van der Waals surface area (Å²) in [7, 11) is 0. The quantitative estimate of drug-likeness (QED) is 0.627. The molecule has 2 aliphatic heterocycles. The van der Waals surface area contributed by atoms with Crippen molar-refractivity contribution in [2.75, 3.05) is 32.8 Å². The van der Waals surface area contributed by atoms with E-state index in [9.17, 15) is 5.11 Å². The number of hydrogen-bond donors (Lipinski definition) is 3. The van der Waals surface area contributed by atoms with Crippen molar-refractivity contribution >= 4 is 0 Å². The van der Waals surface area contributed by atoms with E-state index in [-0.39, 0.29) is 11.3 Å². The topological polar surface area (TPSA) is 67.5 Å². The molecule has 94 valence electrons. The van der Waals surface area contributed by atoms with E-state index < -0.39 is 5.60 Å². The third kappa shape index (κ3) is 1.78. The van der Waals surface area contributed by atoms with Gasteiger partial charge < -0.3 is 20.9 Å². The predicted molar refractivity (Wildman–Crippen MR) is 63.1 cm³/mol. The first-order chi connectivity index (χ1) is 7.65. The van der Waals surface area contributed by atoms with E-state index >= 15 is 0 Å². The van der Waals surface area contributed by atoms with Gasteiger partial charge in [0.05, 0.1) is 12.2 Å². The zero-order valence-corrected chi connectivity index (χ0v) is 10.2. The Kier molecular flexibility index (Phi) is 3.54. The lowest BCUT2D eigenvalue weighted by molar-refractivity contribution is -0.179. The minimum Gasteiger partial charge on any atom is -0.389 e. The van der Waals surface area contributed by atoms with Crippen molar-refractivity contribution in [3.05, 3.63) is 0 Å². The second-order valence-corrected chi connectivity index (χ2v) is 5.42. The molecule has 2 heterocycles. The SMILES string of the molecule is CC1CNCCC1(O)C1(CN)CCCOC1. The van der Waals surface area contributed by atoms with Crippen LogP contribution < -0.4 is 11.1 Å². The summed E-state index contributed by atoms with van der Waals surface area (Å²) < 4.78 is 5.58. The first-order valence-electron chi connectivity index (χ1n) is 6.35. The fourth-order valence-corrected chi connectivity index (χ4v) is 3.33. The minimum absolute atomic E-state index is 0.229.